The normalized spacial score (nSPS) is 10.6. The number of amides is 1. The van der Waals surface area contributed by atoms with E-state index in [2.05, 4.69) is 20.5 Å². The van der Waals surface area contributed by atoms with E-state index in [4.69, 9.17) is 4.74 Å². The third-order valence-corrected chi connectivity index (χ3v) is 3.13. The van der Waals surface area contributed by atoms with Gasteiger partial charge >= 0.3 is 0 Å². The van der Waals surface area contributed by atoms with E-state index >= 15 is 0 Å². The smallest absolute Gasteiger partial charge is 0.274 e. The number of aryl methyl sites for hydroxylation is 1. The third-order valence-electron chi connectivity index (χ3n) is 3.13. The fourth-order valence-electron chi connectivity index (χ4n) is 2.09. The number of nitrogens with one attached hydrogen (secondary N) is 2. The first-order valence-corrected chi connectivity index (χ1v) is 6.43. The Hall–Kier alpha value is -2.89. The van der Waals surface area contributed by atoms with Crippen LogP contribution in [0.25, 0.3) is 10.9 Å². The summed E-state index contributed by atoms with van der Waals surface area (Å²) in [6.45, 7) is 1.84. The average molecular weight is 282 g/mol. The monoisotopic (exact) mass is 282 g/mol. The number of hydrogen-bond donors (Lipinski definition) is 2. The molecule has 3 rings (SSSR count). The summed E-state index contributed by atoms with van der Waals surface area (Å²) in [5.41, 5.74) is 2.59. The van der Waals surface area contributed by atoms with E-state index in [9.17, 15) is 4.79 Å². The molecule has 0 aliphatic carbocycles. The molecule has 2 N–H and O–H groups in total. The molecule has 3 aromatic rings. The van der Waals surface area contributed by atoms with Gasteiger partial charge in [-0.05, 0) is 25.1 Å². The highest BCUT2D eigenvalue weighted by Crippen LogP contribution is 2.29. The van der Waals surface area contributed by atoms with Crippen LogP contribution in [0.1, 0.15) is 16.2 Å². The van der Waals surface area contributed by atoms with Gasteiger partial charge in [-0.1, -0.05) is 6.07 Å². The lowest BCUT2D eigenvalue weighted by atomic mass is 10.2. The van der Waals surface area contributed by atoms with Crippen LogP contribution in [0.2, 0.25) is 0 Å². The van der Waals surface area contributed by atoms with Crippen molar-refractivity contribution in [2.24, 2.45) is 0 Å². The van der Waals surface area contributed by atoms with Gasteiger partial charge in [0.05, 0.1) is 24.5 Å². The predicted octanol–water partition coefficient (Wildman–Crippen LogP) is 2.53. The molecule has 0 aliphatic heterocycles. The van der Waals surface area contributed by atoms with Crippen molar-refractivity contribution in [3.05, 3.63) is 47.9 Å². The fourth-order valence-corrected chi connectivity index (χ4v) is 2.09. The fraction of sp³-hybridized carbons (Fsp3) is 0.133. The van der Waals surface area contributed by atoms with Crippen molar-refractivity contribution in [1.82, 2.24) is 15.2 Å². The largest absolute Gasteiger partial charge is 0.494 e. The number of methoxy groups -OCH3 is 1. The molecular formula is C15H14N4O2. The Bertz CT molecular complexity index is 810. The summed E-state index contributed by atoms with van der Waals surface area (Å²) in [6.07, 6.45) is 1.69. The topological polar surface area (TPSA) is 79.9 Å². The van der Waals surface area contributed by atoms with Gasteiger partial charge in [0.25, 0.3) is 5.91 Å². The van der Waals surface area contributed by atoms with Crippen molar-refractivity contribution in [2.75, 3.05) is 12.4 Å². The number of carbonyl (C=O) groups is 1. The highest BCUT2D eigenvalue weighted by Gasteiger charge is 2.12. The number of benzene rings is 1. The summed E-state index contributed by atoms with van der Waals surface area (Å²) in [6, 6.07) is 8.92. The highest BCUT2D eigenvalue weighted by molar-refractivity contribution is 6.05. The van der Waals surface area contributed by atoms with Crippen LogP contribution < -0.4 is 10.1 Å². The number of nitrogens with zero attached hydrogens (tertiary/aromatic N) is 2. The van der Waals surface area contributed by atoms with E-state index in [1.165, 1.54) is 0 Å². The lowest BCUT2D eigenvalue weighted by Crippen LogP contribution is -2.14. The van der Waals surface area contributed by atoms with Crippen molar-refractivity contribution in [3.8, 4) is 5.75 Å². The SMILES string of the molecule is COc1cc2[nH]ncc2cc1NC(=O)c1cccc(C)n1. The van der Waals surface area contributed by atoms with E-state index in [-0.39, 0.29) is 5.91 Å². The van der Waals surface area contributed by atoms with E-state index in [1.807, 2.05) is 19.1 Å². The molecule has 6 heteroatoms. The second-order valence-electron chi connectivity index (χ2n) is 4.63. The minimum absolute atomic E-state index is 0.278. The van der Waals surface area contributed by atoms with Crippen LogP contribution in [0.5, 0.6) is 5.75 Å². The van der Waals surface area contributed by atoms with Gasteiger partial charge in [-0.3, -0.25) is 9.89 Å². The molecule has 0 unspecified atom stereocenters. The molecule has 2 heterocycles. The Labute approximate surface area is 121 Å². The van der Waals surface area contributed by atoms with Crippen molar-refractivity contribution in [3.63, 3.8) is 0 Å². The van der Waals surface area contributed by atoms with Crippen molar-refractivity contribution < 1.29 is 9.53 Å². The number of pyridine rings is 1. The number of fused-ring (bicyclic) bond motifs is 1. The Morgan fingerprint density at radius 3 is 2.95 bits per heavy atom. The second kappa shape index (κ2) is 5.24. The van der Waals surface area contributed by atoms with Gasteiger partial charge in [0.15, 0.2) is 0 Å². The molecule has 0 saturated heterocycles. The maximum atomic E-state index is 12.3. The van der Waals surface area contributed by atoms with Crippen LogP contribution in [-0.2, 0) is 0 Å². The van der Waals surface area contributed by atoms with Gasteiger partial charge < -0.3 is 10.1 Å². The molecule has 6 nitrogen and oxygen atoms in total. The standard InChI is InChI=1S/C15H14N4O2/c1-9-4-3-5-11(17-9)15(20)18-13-6-10-8-16-19-12(10)7-14(13)21-2/h3-8H,1-2H3,(H,16,19)(H,18,20). The third kappa shape index (κ3) is 2.55. The zero-order valence-electron chi connectivity index (χ0n) is 11.7. The lowest BCUT2D eigenvalue weighted by Gasteiger charge is -2.10. The molecule has 0 atom stereocenters. The number of anilines is 1. The summed E-state index contributed by atoms with van der Waals surface area (Å²) in [5, 5.41) is 10.5. The van der Waals surface area contributed by atoms with Crippen molar-refractivity contribution in [2.45, 2.75) is 6.92 Å². The van der Waals surface area contributed by atoms with Crippen molar-refractivity contribution >= 4 is 22.5 Å². The van der Waals surface area contributed by atoms with Crippen LogP contribution in [0, 0.1) is 6.92 Å². The number of ether oxygens (including phenoxy) is 1. The van der Waals surface area contributed by atoms with Crippen LogP contribution in [0.15, 0.2) is 36.5 Å². The van der Waals surface area contributed by atoms with Crippen LogP contribution >= 0.6 is 0 Å². The van der Waals surface area contributed by atoms with Crippen molar-refractivity contribution in [1.29, 1.82) is 0 Å². The predicted molar refractivity (Wildman–Crippen MR) is 79.6 cm³/mol. The van der Waals surface area contributed by atoms with E-state index in [0.29, 0.717) is 17.1 Å². The van der Waals surface area contributed by atoms with Gasteiger partial charge in [0, 0.05) is 17.1 Å². The van der Waals surface area contributed by atoms with E-state index in [1.54, 1.807) is 31.5 Å². The average Bonchev–Trinajstić information content (AvgIpc) is 2.93. The first-order chi connectivity index (χ1) is 10.2. The number of H-pyrrole nitrogens is 1. The molecule has 0 spiro atoms. The molecule has 0 radical (unpaired) electrons. The summed E-state index contributed by atoms with van der Waals surface area (Å²) in [5.74, 6) is 0.285. The van der Waals surface area contributed by atoms with Crippen LogP contribution in [0.3, 0.4) is 0 Å². The van der Waals surface area contributed by atoms with Crippen LogP contribution in [-0.4, -0.2) is 28.2 Å². The number of aromatic amines is 1. The molecule has 106 valence electrons. The molecule has 1 aromatic carbocycles. The minimum Gasteiger partial charge on any atom is -0.494 e. The summed E-state index contributed by atoms with van der Waals surface area (Å²) < 4.78 is 5.30. The quantitative estimate of drug-likeness (QED) is 0.773. The first kappa shape index (κ1) is 13.1. The van der Waals surface area contributed by atoms with Gasteiger partial charge in [-0.15, -0.1) is 0 Å². The Balaban J connectivity index is 1.95. The Morgan fingerprint density at radius 1 is 1.33 bits per heavy atom. The first-order valence-electron chi connectivity index (χ1n) is 6.43. The van der Waals surface area contributed by atoms with E-state index in [0.717, 1.165) is 16.6 Å². The molecule has 0 saturated carbocycles. The number of hydrogen-bond acceptors (Lipinski definition) is 4. The van der Waals surface area contributed by atoms with Gasteiger partial charge in [-0.2, -0.15) is 5.10 Å². The minimum atomic E-state index is -0.278. The maximum absolute atomic E-state index is 12.3. The summed E-state index contributed by atoms with van der Waals surface area (Å²) in [7, 11) is 1.55. The Kier molecular flexibility index (Phi) is 3.27. The molecule has 0 fully saturated rings. The molecule has 0 bridgehead atoms. The van der Waals surface area contributed by atoms with Gasteiger partial charge in [-0.25, -0.2) is 4.98 Å². The molecule has 1 amide bonds. The highest BCUT2D eigenvalue weighted by atomic mass is 16.5. The summed E-state index contributed by atoms with van der Waals surface area (Å²) in [4.78, 5) is 16.5. The van der Waals surface area contributed by atoms with Gasteiger partial charge in [0.1, 0.15) is 11.4 Å². The molecular weight excluding hydrogens is 268 g/mol. The van der Waals surface area contributed by atoms with Gasteiger partial charge in [0.2, 0.25) is 0 Å². The second-order valence-corrected chi connectivity index (χ2v) is 4.63. The summed E-state index contributed by atoms with van der Waals surface area (Å²) >= 11 is 0. The molecule has 21 heavy (non-hydrogen) atoms. The number of aromatic nitrogens is 3. The maximum Gasteiger partial charge on any atom is 0.274 e. The lowest BCUT2D eigenvalue weighted by molar-refractivity contribution is 0.102. The molecule has 2 aromatic heterocycles. The zero-order chi connectivity index (χ0) is 14.8. The number of carbonyl (C=O) groups excluding carboxylic acids is 1. The Morgan fingerprint density at radius 2 is 2.19 bits per heavy atom. The zero-order valence-corrected chi connectivity index (χ0v) is 11.7. The molecule has 0 aliphatic rings. The van der Waals surface area contributed by atoms with Crippen LogP contribution in [0.4, 0.5) is 5.69 Å². The number of rotatable bonds is 3. The van der Waals surface area contributed by atoms with E-state index < -0.39 is 0 Å².